The Balaban J connectivity index is 2.44. The monoisotopic (exact) mass is 254 g/mol. The van der Waals surface area contributed by atoms with Crippen molar-refractivity contribution in [2.45, 2.75) is 25.5 Å². The second-order valence-electron chi connectivity index (χ2n) is 3.95. The van der Waals surface area contributed by atoms with Crippen LogP contribution in [0.4, 0.5) is 0 Å². The number of rotatable bonds is 1. The van der Waals surface area contributed by atoms with Crippen LogP contribution in [-0.4, -0.2) is 5.91 Å². The third-order valence-electron chi connectivity index (χ3n) is 2.93. The number of allylic oxidation sites excluding steroid dienone is 1. The molecule has 2 aliphatic carbocycles. The Kier molecular flexibility index (Phi) is 1.27. The van der Waals surface area contributed by atoms with E-state index in [0.717, 1.165) is 0 Å². The number of carbonyl (C=O) groups is 1. The van der Waals surface area contributed by atoms with Crippen molar-refractivity contribution in [3.63, 3.8) is 0 Å². The fourth-order valence-corrected chi connectivity index (χ4v) is 2.35. The summed E-state index contributed by atoms with van der Waals surface area (Å²) in [6, 6.07) is 4.60. The van der Waals surface area contributed by atoms with E-state index in [9.17, 15) is 4.79 Å². The van der Waals surface area contributed by atoms with Gasteiger partial charge in [0, 0.05) is 14.6 Å². The van der Waals surface area contributed by atoms with Gasteiger partial charge < -0.3 is 5.73 Å². The van der Waals surface area contributed by atoms with Crippen molar-refractivity contribution in [2.75, 3.05) is 0 Å². The highest BCUT2D eigenvalue weighted by Crippen LogP contribution is 2.44. The number of hydrogen-bond donors (Lipinski definition) is 1. The molecule has 0 saturated heterocycles. The van der Waals surface area contributed by atoms with E-state index in [4.69, 9.17) is 26.9 Å². The summed E-state index contributed by atoms with van der Waals surface area (Å²) in [6.07, 6.45) is -9.12. The molecule has 1 aromatic carbocycles. The first-order valence-corrected chi connectivity index (χ1v) is 5.50. The third-order valence-corrected chi connectivity index (χ3v) is 3.17. The van der Waals surface area contributed by atoms with E-state index in [0.29, 0.717) is 16.1 Å². The highest BCUT2D eigenvalue weighted by atomic mass is 35.5. The van der Waals surface area contributed by atoms with Gasteiger partial charge in [-0.15, -0.1) is 0 Å². The summed E-state index contributed by atoms with van der Waals surface area (Å²) in [5.74, 6) is -4.07. The van der Waals surface area contributed by atoms with Crippen molar-refractivity contribution in [1.29, 1.82) is 0 Å². The molecule has 1 aromatic rings. The molecule has 0 radical (unpaired) electrons. The van der Waals surface area contributed by atoms with Crippen molar-refractivity contribution in [1.82, 2.24) is 0 Å². The van der Waals surface area contributed by atoms with Gasteiger partial charge in [0.2, 0.25) is 5.91 Å². The summed E-state index contributed by atoms with van der Waals surface area (Å²) in [4.78, 5) is 12.0. The quantitative estimate of drug-likeness (QED) is 0.823. The molecule has 0 heterocycles. The molecule has 0 saturated carbocycles. The number of fused-ring (bicyclic) bond motifs is 2. The number of benzene rings is 1. The van der Waals surface area contributed by atoms with Gasteiger partial charge in [0.1, 0.15) is 0 Å². The highest BCUT2D eigenvalue weighted by molar-refractivity contribution is 6.30. The van der Waals surface area contributed by atoms with Gasteiger partial charge in [0.05, 0.1) is 5.89 Å². The van der Waals surface area contributed by atoms with Crippen LogP contribution >= 0.6 is 11.6 Å². The van der Waals surface area contributed by atoms with Crippen LogP contribution in [0.5, 0.6) is 0 Å². The van der Waals surface area contributed by atoms with Gasteiger partial charge in [0.15, 0.2) is 0 Å². The molecule has 2 nitrogen and oxygen atoms in total. The van der Waals surface area contributed by atoms with Gasteiger partial charge in [-0.3, -0.25) is 4.79 Å². The molecule has 0 aliphatic heterocycles. The first-order valence-electron chi connectivity index (χ1n) is 8.63. The number of primary amides is 1. The Hall–Kier alpha value is -1.28. The molecular formula is C14H14ClNO. The van der Waals surface area contributed by atoms with E-state index in [2.05, 4.69) is 0 Å². The third kappa shape index (κ3) is 1.67. The molecule has 2 aliphatic rings. The van der Waals surface area contributed by atoms with Crippen LogP contribution in [0.3, 0.4) is 0 Å². The summed E-state index contributed by atoms with van der Waals surface area (Å²) in [7, 11) is 0. The van der Waals surface area contributed by atoms with Gasteiger partial charge >= 0.3 is 0 Å². The molecule has 3 rings (SSSR count). The molecule has 88 valence electrons. The maximum absolute atomic E-state index is 12.0. The van der Waals surface area contributed by atoms with Gasteiger partial charge in [-0.25, -0.2) is 0 Å². The van der Waals surface area contributed by atoms with Gasteiger partial charge in [0.25, 0.3) is 0 Å². The van der Waals surface area contributed by atoms with Crippen LogP contribution < -0.4 is 5.73 Å². The minimum absolute atomic E-state index is 0.0522. The summed E-state index contributed by atoms with van der Waals surface area (Å²) < 4.78 is 57.2. The van der Waals surface area contributed by atoms with Crippen molar-refractivity contribution >= 4 is 23.1 Å². The molecule has 1 amide bonds. The topological polar surface area (TPSA) is 43.1 Å². The van der Waals surface area contributed by atoms with Crippen LogP contribution in [0.25, 0.3) is 5.57 Å². The van der Waals surface area contributed by atoms with E-state index >= 15 is 0 Å². The number of hydrogen-bond acceptors (Lipinski definition) is 1. The van der Waals surface area contributed by atoms with Gasteiger partial charge in [-0.2, -0.15) is 0 Å². The lowest BCUT2D eigenvalue weighted by atomic mass is 9.82. The lowest BCUT2D eigenvalue weighted by Gasteiger charge is -2.22. The zero-order valence-corrected chi connectivity index (χ0v) is 9.56. The maximum Gasteiger partial charge on any atom is 0.224 e. The first kappa shape index (κ1) is 5.57. The zero-order chi connectivity index (χ0) is 18.3. The van der Waals surface area contributed by atoms with Crippen molar-refractivity contribution in [3.05, 3.63) is 39.9 Å². The minimum atomic E-state index is -3.15. The number of nitrogens with two attached hydrogens (primary N) is 1. The van der Waals surface area contributed by atoms with E-state index in [1.54, 1.807) is 12.1 Å². The summed E-state index contributed by atoms with van der Waals surface area (Å²) in [5.41, 5.74) is 5.80. The predicted octanol–water partition coefficient (Wildman–Crippen LogP) is 2.94. The lowest BCUT2D eigenvalue weighted by molar-refractivity contribution is -0.121. The van der Waals surface area contributed by atoms with E-state index in [1.807, 2.05) is 0 Å². The summed E-state index contributed by atoms with van der Waals surface area (Å²) in [5, 5.41) is 0.294. The fourth-order valence-electron chi connectivity index (χ4n) is 2.18. The van der Waals surface area contributed by atoms with Gasteiger partial charge in [-0.05, 0) is 59.9 Å². The molecule has 0 unspecified atom stereocenters. The number of carbonyl (C=O) groups excluding carboxylic acids is 1. The van der Waals surface area contributed by atoms with Crippen molar-refractivity contribution in [2.24, 2.45) is 11.6 Å². The fraction of sp³-hybridized carbons (Fsp3) is 0.357. The van der Waals surface area contributed by atoms with Crippen LogP contribution in [0.1, 0.15) is 39.8 Å². The van der Waals surface area contributed by atoms with E-state index in [-0.39, 0.29) is 17.6 Å². The molecule has 3 heteroatoms. The summed E-state index contributed by atoms with van der Waals surface area (Å²) >= 11 is 5.96. The van der Waals surface area contributed by atoms with E-state index < -0.39 is 30.9 Å². The second-order valence-corrected chi connectivity index (χ2v) is 4.38. The highest BCUT2D eigenvalue weighted by Gasteiger charge is 2.32. The normalized spacial score (nSPS) is 41.6. The standard InChI is InChI=1S/C14H14ClNO/c15-9-5-4-8-6-13-10(12(8)7-9)2-1-3-11(13)14(16)17/h4-5,7,11H,1-3,6H2,(H2,16,17)/t11-/m0/s1/i1D2,2D2,3D2,11D. The molecule has 0 bridgehead atoms. The Bertz CT molecular complexity index is 804. The smallest absolute Gasteiger partial charge is 0.224 e. The summed E-state index contributed by atoms with van der Waals surface area (Å²) in [6.45, 7) is 0. The molecule has 17 heavy (non-hydrogen) atoms. The average molecular weight is 255 g/mol. The van der Waals surface area contributed by atoms with Crippen LogP contribution in [0.15, 0.2) is 23.8 Å². The zero-order valence-electron chi connectivity index (χ0n) is 15.8. The Morgan fingerprint density at radius 2 is 2.41 bits per heavy atom. The largest absolute Gasteiger partial charge is 0.369 e. The first-order chi connectivity index (χ1) is 10.8. The molecule has 1 atom stereocenters. The maximum atomic E-state index is 12.0. The molecule has 2 N–H and O–H groups in total. The van der Waals surface area contributed by atoms with Crippen LogP contribution in [-0.2, 0) is 11.2 Å². The minimum Gasteiger partial charge on any atom is -0.369 e. The molecule has 0 spiro atoms. The SMILES string of the molecule is [2H]C1([2H])C2=C(Cc3ccc(Cl)cc32)[C@@]([2H])(C(N)=O)C([2H])([2H])C1([2H])[2H]. The molecule has 0 fully saturated rings. The Labute approximate surface area is 115 Å². The predicted molar refractivity (Wildman–Crippen MR) is 68.6 cm³/mol. The second kappa shape index (κ2) is 3.88. The lowest BCUT2D eigenvalue weighted by Crippen LogP contribution is -2.27. The van der Waals surface area contributed by atoms with Crippen LogP contribution in [0.2, 0.25) is 5.02 Å². The average Bonchev–Trinajstić information content (AvgIpc) is 2.83. The van der Waals surface area contributed by atoms with Crippen LogP contribution in [0, 0.1) is 5.89 Å². The molecular weight excluding hydrogens is 234 g/mol. The van der Waals surface area contributed by atoms with E-state index in [1.165, 1.54) is 6.07 Å². The van der Waals surface area contributed by atoms with Gasteiger partial charge in [-0.1, -0.05) is 17.7 Å². The van der Waals surface area contributed by atoms with Crippen molar-refractivity contribution < 1.29 is 14.4 Å². The Morgan fingerprint density at radius 3 is 3.18 bits per heavy atom. The Morgan fingerprint density at radius 1 is 1.59 bits per heavy atom. The number of halogens is 1. The van der Waals surface area contributed by atoms with Crippen molar-refractivity contribution in [3.8, 4) is 0 Å². The number of amides is 1. The molecule has 0 aromatic heterocycles.